The molecule has 3 amide bonds. The molecule has 0 bridgehead atoms. The summed E-state index contributed by atoms with van der Waals surface area (Å²) in [6.07, 6.45) is -0.224. The summed E-state index contributed by atoms with van der Waals surface area (Å²) in [6, 6.07) is 27.1. The minimum Gasteiger partial charge on any atom is -0.433 e. The van der Waals surface area contributed by atoms with Gasteiger partial charge in [0.15, 0.2) is 5.60 Å². The molecule has 0 atom stereocenters. The second-order valence-corrected chi connectivity index (χ2v) is 9.60. The molecule has 202 valence electrons. The first-order chi connectivity index (χ1) is 19.2. The number of ether oxygens (including phenoxy) is 1. The molecule has 0 heterocycles. The Bertz CT molecular complexity index is 1550. The number of nitrogen functional groups attached to an aromatic ring is 1. The van der Waals surface area contributed by atoms with Gasteiger partial charge in [0, 0.05) is 24.1 Å². The number of amides is 3. The van der Waals surface area contributed by atoms with Crippen LogP contribution in [0.25, 0.3) is 11.1 Å². The van der Waals surface area contributed by atoms with Crippen LogP contribution in [0.4, 0.5) is 26.2 Å². The fourth-order valence-corrected chi connectivity index (χ4v) is 4.43. The van der Waals surface area contributed by atoms with Crippen LogP contribution in [0.3, 0.4) is 0 Å². The molecule has 9 heteroatoms. The van der Waals surface area contributed by atoms with Crippen molar-refractivity contribution in [2.45, 2.75) is 25.0 Å². The molecule has 0 aliphatic heterocycles. The molecule has 8 nitrogen and oxygen atoms in total. The highest BCUT2D eigenvalue weighted by Crippen LogP contribution is 2.42. The largest absolute Gasteiger partial charge is 0.433 e. The van der Waals surface area contributed by atoms with Crippen molar-refractivity contribution in [1.29, 1.82) is 0 Å². The normalized spacial score (nSPS) is 13.2. The summed E-state index contributed by atoms with van der Waals surface area (Å²) in [5, 5.41) is 2.83. The van der Waals surface area contributed by atoms with E-state index in [0.29, 0.717) is 35.5 Å². The monoisotopic (exact) mass is 538 g/mol. The predicted molar refractivity (Wildman–Crippen MR) is 151 cm³/mol. The van der Waals surface area contributed by atoms with E-state index in [1.54, 1.807) is 54.6 Å². The molecule has 4 aromatic rings. The number of hydrogen-bond donors (Lipinski definition) is 3. The summed E-state index contributed by atoms with van der Waals surface area (Å²) in [5.41, 5.74) is 14.1. The molecule has 1 aliphatic rings. The molecule has 5 N–H and O–H groups in total. The van der Waals surface area contributed by atoms with Gasteiger partial charge in [-0.3, -0.25) is 9.59 Å². The highest BCUT2D eigenvalue weighted by molar-refractivity contribution is 6.07. The van der Waals surface area contributed by atoms with Crippen LogP contribution in [0.5, 0.6) is 0 Å². The van der Waals surface area contributed by atoms with Crippen molar-refractivity contribution in [3.05, 3.63) is 114 Å². The molecule has 0 aromatic heterocycles. The highest BCUT2D eigenvalue weighted by atomic mass is 19.1. The van der Waals surface area contributed by atoms with Crippen molar-refractivity contribution in [2.75, 3.05) is 16.0 Å². The van der Waals surface area contributed by atoms with Crippen molar-refractivity contribution in [2.24, 2.45) is 5.73 Å². The molecule has 0 saturated heterocycles. The van der Waals surface area contributed by atoms with Gasteiger partial charge in [0.05, 0.1) is 17.9 Å². The van der Waals surface area contributed by atoms with Gasteiger partial charge >= 0.3 is 6.09 Å². The molecule has 4 aromatic carbocycles. The molecule has 5 rings (SSSR count). The van der Waals surface area contributed by atoms with Gasteiger partial charge in [-0.1, -0.05) is 48.5 Å². The SMILES string of the molecule is NC(=O)OC1(C(=O)N(Cc2ccccc2)c2ccc(C(=O)Nc3cc(-c4ccc(F)cc4)ccc3N)cc2)CC1. The lowest BCUT2D eigenvalue weighted by Crippen LogP contribution is -2.43. The van der Waals surface area contributed by atoms with E-state index in [0.717, 1.165) is 16.7 Å². The minimum absolute atomic E-state index is 0.238. The maximum atomic E-state index is 13.5. The maximum absolute atomic E-state index is 13.5. The number of rotatable bonds is 8. The van der Waals surface area contributed by atoms with Crippen molar-refractivity contribution < 1.29 is 23.5 Å². The third-order valence-electron chi connectivity index (χ3n) is 6.74. The number of carbonyl (C=O) groups is 3. The lowest BCUT2D eigenvalue weighted by Gasteiger charge is -2.27. The number of primary amides is 1. The van der Waals surface area contributed by atoms with Crippen LogP contribution in [0.15, 0.2) is 97.1 Å². The second-order valence-electron chi connectivity index (χ2n) is 9.60. The number of nitrogens with one attached hydrogen (secondary N) is 1. The van der Waals surface area contributed by atoms with E-state index >= 15 is 0 Å². The van der Waals surface area contributed by atoms with Crippen LogP contribution in [0.2, 0.25) is 0 Å². The van der Waals surface area contributed by atoms with Crippen LogP contribution >= 0.6 is 0 Å². The van der Waals surface area contributed by atoms with Crippen LogP contribution in [0, 0.1) is 5.82 Å². The maximum Gasteiger partial charge on any atom is 0.405 e. The standard InChI is InChI=1S/C31H27FN4O4/c32-24-11-6-21(7-12-24)23-10-15-26(33)27(18-23)35-28(37)22-8-13-25(14-9-22)36(19-20-4-2-1-3-5-20)29(38)31(16-17-31)40-30(34)39/h1-15,18H,16-17,19,33H2,(H2,34,39)(H,35,37). The molecular formula is C31H27FN4O4. The van der Waals surface area contributed by atoms with Crippen LogP contribution in [-0.4, -0.2) is 23.5 Å². The van der Waals surface area contributed by atoms with Gasteiger partial charge in [-0.15, -0.1) is 0 Å². The predicted octanol–water partition coefficient (Wildman–Crippen LogP) is 5.49. The van der Waals surface area contributed by atoms with Crippen molar-refractivity contribution in [3.8, 4) is 11.1 Å². The van der Waals surface area contributed by atoms with Gasteiger partial charge in [-0.05, 0) is 65.2 Å². The molecule has 40 heavy (non-hydrogen) atoms. The number of hydrogen-bond acceptors (Lipinski definition) is 5. The Morgan fingerprint density at radius 3 is 2.15 bits per heavy atom. The van der Waals surface area contributed by atoms with Crippen LogP contribution in [-0.2, 0) is 16.1 Å². The zero-order valence-electron chi connectivity index (χ0n) is 21.5. The minimum atomic E-state index is -1.27. The van der Waals surface area contributed by atoms with E-state index in [-0.39, 0.29) is 18.3 Å². The summed E-state index contributed by atoms with van der Waals surface area (Å²) in [4.78, 5) is 39.6. The molecule has 0 radical (unpaired) electrons. The van der Waals surface area contributed by atoms with E-state index in [1.165, 1.54) is 17.0 Å². The Kier molecular flexibility index (Phi) is 7.20. The molecule has 0 spiro atoms. The van der Waals surface area contributed by atoms with E-state index < -0.39 is 17.6 Å². The van der Waals surface area contributed by atoms with E-state index in [2.05, 4.69) is 5.32 Å². The zero-order valence-corrected chi connectivity index (χ0v) is 21.5. The molecule has 1 saturated carbocycles. The number of nitrogens with zero attached hydrogens (tertiary/aromatic N) is 1. The Labute approximate surface area is 230 Å². The Balaban J connectivity index is 1.37. The smallest absolute Gasteiger partial charge is 0.405 e. The van der Waals surface area contributed by atoms with E-state index in [4.69, 9.17) is 16.2 Å². The Morgan fingerprint density at radius 1 is 0.875 bits per heavy atom. The lowest BCUT2D eigenvalue weighted by atomic mass is 10.0. The van der Waals surface area contributed by atoms with Crippen molar-refractivity contribution in [3.63, 3.8) is 0 Å². The summed E-state index contributed by atoms with van der Waals surface area (Å²) in [5.74, 6) is -1.11. The lowest BCUT2D eigenvalue weighted by molar-refractivity contribution is -0.128. The van der Waals surface area contributed by atoms with Gasteiger partial charge in [0.1, 0.15) is 5.82 Å². The average Bonchev–Trinajstić information content (AvgIpc) is 3.73. The number of carbonyl (C=O) groups excluding carboxylic acids is 3. The Morgan fingerprint density at radius 2 is 1.52 bits per heavy atom. The fraction of sp³-hybridized carbons (Fsp3) is 0.129. The average molecular weight is 539 g/mol. The first-order valence-corrected chi connectivity index (χ1v) is 12.7. The third kappa shape index (κ3) is 5.78. The summed E-state index contributed by atoms with van der Waals surface area (Å²) in [7, 11) is 0. The third-order valence-corrected chi connectivity index (χ3v) is 6.74. The quantitative estimate of drug-likeness (QED) is 0.256. The molecule has 0 unspecified atom stereocenters. The number of anilines is 3. The van der Waals surface area contributed by atoms with Gasteiger partial charge in [-0.25, -0.2) is 9.18 Å². The number of nitrogens with two attached hydrogens (primary N) is 2. The van der Waals surface area contributed by atoms with Gasteiger partial charge in [0.25, 0.3) is 11.8 Å². The fourth-order valence-electron chi connectivity index (χ4n) is 4.43. The van der Waals surface area contributed by atoms with Crippen LogP contribution < -0.4 is 21.7 Å². The van der Waals surface area contributed by atoms with E-state index in [1.807, 2.05) is 30.3 Å². The molecule has 1 fully saturated rings. The van der Waals surface area contributed by atoms with Crippen molar-refractivity contribution >= 4 is 35.0 Å². The number of benzene rings is 4. The highest BCUT2D eigenvalue weighted by Gasteiger charge is 2.56. The topological polar surface area (TPSA) is 128 Å². The first-order valence-electron chi connectivity index (χ1n) is 12.7. The van der Waals surface area contributed by atoms with E-state index in [9.17, 15) is 18.8 Å². The van der Waals surface area contributed by atoms with Crippen LogP contribution in [0.1, 0.15) is 28.8 Å². The summed E-state index contributed by atoms with van der Waals surface area (Å²) < 4.78 is 18.5. The molecule has 1 aliphatic carbocycles. The summed E-state index contributed by atoms with van der Waals surface area (Å²) >= 11 is 0. The summed E-state index contributed by atoms with van der Waals surface area (Å²) in [6.45, 7) is 0.238. The van der Waals surface area contributed by atoms with Gasteiger partial charge in [-0.2, -0.15) is 0 Å². The van der Waals surface area contributed by atoms with Crippen molar-refractivity contribution in [1.82, 2.24) is 0 Å². The van der Waals surface area contributed by atoms with Gasteiger partial charge in [0.2, 0.25) is 0 Å². The molecular weight excluding hydrogens is 511 g/mol. The Hall–Kier alpha value is -5.18. The first kappa shape index (κ1) is 26.4. The zero-order chi connectivity index (χ0) is 28.3. The van der Waals surface area contributed by atoms with Gasteiger partial charge < -0.3 is 26.4 Å². The number of halogens is 1. The second kappa shape index (κ2) is 10.9.